The Morgan fingerprint density at radius 1 is 1.03 bits per heavy atom. The molecule has 0 aromatic heterocycles. The van der Waals surface area contributed by atoms with Gasteiger partial charge in [0, 0.05) is 37.2 Å². The first-order valence-corrected chi connectivity index (χ1v) is 9.95. The molecule has 166 valence electrons. The number of nitrogens with two attached hydrogens (primary N) is 1. The molecule has 10 nitrogen and oxygen atoms in total. The van der Waals surface area contributed by atoms with E-state index in [0.717, 1.165) is 0 Å². The van der Waals surface area contributed by atoms with Crippen LogP contribution in [-0.2, 0) is 38.1 Å². The molecule has 0 spiro atoms. The summed E-state index contributed by atoms with van der Waals surface area (Å²) in [6.45, 7) is 4.72. The molecule has 2 rings (SSSR count). The van der Waals surface area contributed by atoms with Crippen molar-refractivity contribution >= 4 is 23.8 Å². The number of ether oxygens (including phenoxy) is 4. The number of primary amides is 1. The summed E-state index contributed by atoms with van der Waals surface area (Å²) < 4.78 is 22.2. The minimum atomic E-state index is -1.01. The van der Waals surface area contributed by atoms with E-state index in [4.69, 9.17) is 24.7 Å². The molecule has 0 unspecified atom stereocenters. The first-order chi connectivity index (χ1) is 14.3. The van der Waals surface area contributed by atoms with Crippen LogP contribution in [0.15, 0.2) is 24.0 Å². The van der Waals surface area contributed by atoms with Crippen molar-refractivity contribution in [2.45, 2.75) is 71.0 Å². The third-order valence-electron chi connectivity index (χ3n) is 4.63. The molecule has 1 saturated heterocycles. The van der Waals surface area contributed by atoms with Crippen molar-refractivity contribution < 1.29 is 38.1 Å². The number of allylic oxidation sites excluding steroid dienone is 1. The second-order valence-corrected chi connectivity index (χ2v) is 6.77. The van der Waals surface area contributed by atoms with E-state index in [-0.39, 0.29) is 25.9 Å². The van der Waals surface area contributed by atoms with Crippen molar-refractivity contribution in [3.05, 3.63) is 24.0 Å². The number of amides is 1. The molecule has 0 saturated carbocycles. The molecule has 0 aromatic rings. The third-order valence-corrected chi connectivity index (χ3v) is 4.63. The Bertz CT molecular complexity index is 732. The number of carbonyl (C=O) groups is 4. The molecule has 2 heterocycles. The van der Waals surface area contributed by atoms with Crippen LogP contribution in [-0.4, -0.2) is 59.9 Å². The van der Waals surface area contributed by atoms with Gasteiger partial charge < -0.3 is 29.6 Å². The normalized spacial score (nSPS) is 25.4. The van der Waals surface area contributed by atoms with Gasteiger partial charge in [-0.2, -0.15) is 0 Å². The Kier molecular flexibility index (Phi) is 8.40. The van der Waals surface area contributed by atoms with Gasteiger partial charge in [0.1, 0.15) is 12.7 Å². The van der Waals surface area contributed by atoms with Crippen molar-refractivity contribution in [1.82, 2.24) is 4.90 Å². The zero-order valence-corrected chi connectivity index (χ0v) is 17.4. The lowest BCUT2D eigenvalue weighted by molar-refractivity contribution is -0.169. The van der Waals surface area contributed by atoms with Crippen LogP contribution in [0.3, 0.4) is 0 Å². The first kappa shape index (κ1) is 23.4. The Labute approximate surface area is 174 Å². The smallest absolute Gasteiger partial charge is 0.306 e. The third kappa shape index (κ3) is 5.82. The summed E-state index contributed by atoms with van der Waals surface area (Å²) in [4.78, 5) is 48.8. The predicted octanol–water partition coefficient (Wildman–Crippen LogP) is 0.897. The second kappa shape index (κ2) is 10.8. The number of carbonyl (C=O) groups excluding carboxylic acids is 4. The number of rotatable bonds is 9. The molecule has 2 N–H and O–H groups in total. The molecule has 0 radical (unpaired) electrons. The highest BCUT2D eigenvalue weighted by Gasteiger charge is 2.51. The van der Waals surface area contributed by atoms with Gasteiger partial charge in [-0.25, -0.2) is 0 Å². The van der Waals surface area contributed by atoms with Gasteiger partial charge >= 0.3 is 17.9 Å². The molecular formula is C20H28N2O8. The fourth-order valence-electron chi connectivity index (χ4n) is 3.00. The molecule has 0 aliphatic carbocycles. The zero-order valence-electron chi connectivity index (χ0n) is 17.4. The van der Waals surface area contributed by atoms with E-state index < -0.39 is 48.4 Å². The van der Waals surface area contributed by atoms with Crippen molar-refractivity contribution in [3.63, 3.8) is 0 Å². The largest absolute Gasteiger partial charge is 0.463 e. The van der Waals surface area contributed by atoms with Crippen LogP contribution in [0.2, 0.25) is 0 Å². The number of hydrogen-bond donors (Lipinski definition) is 1. The Balaban J connectivity index is 2.34. The van der Waals surface area contributed by atoms with Gasteiger partial charge in [0.2, 0.25) is 5.91 Å². The van der Waals surface area contributed by atoms with Gasteiger partial charge in [-0.05, 0) is 6.42 Å². The van der Waals surface area contributed by atoms with E-state index in [1.807, 2.05) is 0 Å². The summed E-state index contributed by atoms with van der Waals surface area (Å²) in [7, 11) is 0. The van der Waals surface area contributed by atoms with Crippen LogP contribution in [0.5, 0.6) is 0 Å². The van der Waals surface area contributed by atoms with E-state index in [1.54, 1.807) is 33.0 Å². The van der Waals surface area contributed by atoms with E-state index in [2.05, 4.69) is 0 Å². The highest BCUT2D eigenvalue weighted by molar-refractivity contribution is 5.92. The second-order valence-electron chi connectivity index (χ2n) is 6.77. The van der Waals surface area contributed by atoms with Crippen LogP contribution >= 0.6 is 0 Å². The van der Waals surface area contributed by atoms with Crippen molar-refractivity contribution in [1.29, 1.82) is 0 Å². The SMILES string of the molecule is CCC(=O)OC[C@H]1O[C@@H](N2C=CCC(C(N)=O)=C2)[C@H](OC(=O)CC)[C@@H]1OC(=O)CC. The maximum atomic E-state index is 12.1. The molecule has 0 aromatic carbocycles. The van der Waals surface area contributed by atoms with Gasteiger partial charge in [0.05, 0.1) is 0 Å². The van der Waals surface area contributed by atoms with E-state index >= 15 is 0 Å². The summed E-state index contributed by atoms with van der Waals surface area (Å²) >= 11 is 0. The molecule has 10 heteroatoms. The summed E-state index contributed by atoms with van der Waals surface area (Å²) in [5.41, 5.74) is 5.72. The molecule has 4 atom stereocenters. The van der Waals surface area contributed by atoms with Crippen LogP contribution in [0.25, 0.3) is 0 Å². The fourth-order valence-corrected chi connectivity index (χ4v) is 3.00. The fraction of sp³-hybridized carbons (Fsp3) is 0.600. The quantitative estimate of drug-likeness (QED) is 0.423. The first-order valence-electron chi connectivity index (χ1n) is 9.95. The summed E-state index contributed by atoms with van der Waals surface area (Å²) in [6, 6.07) is 0. The lowest BCUT2D eigenvalue weighted by Gasteiger charge is -2.30. The van der Waals surface area contributed by atoms with Crippen LogP contribution < -0.4 is 5.73 Å². The maximum absolute atomic E-state index is 12.1. The molecule has 2 aliphatic rings. The maximum Gasteiger partial charge on any atom is 0.306 e. The Hall–Kier alpha value is -2.88. The van der Waals surface area contributed by atoms with Gasteiger partial charge in [-0.15, -0.1) is 0 Å². The molecule has 1 amide bonds. The van der Waals surface area contributed by atoms with Gasteiger partial charge in [0.25, 0.3) is 0 Å². The van der Waals surface area contributed by atoms with Crippen LogP contribution in [0.1, 0.15) is 46.5 Å². The summed E-state index contributed by atoms with van der Waals surface area (Å²) in [5.74, 6) is -2.07. The lowest BCUT2D eigenvalue weighted by Crippen LogP contribution is -2.45. The van der Waals surface area contributed by atoms with E-state index in [1.165, 1.54) is 11.1 Å². The molecule has 30 heavy (non-hydrogen) atoms. The average molecular weight is 424 g/mol. The number of hydrogen-bond acceptors (Lipinski definition) is 9. The van der Waals surface area contributed by atoms with E-state index in [0.29, 0.717) is 12.0 Å². The molecule has 1 fully saturated rings. The van der Waals surface area contributed by atoms with Gasteiger partial charge in [0.15, 0.2) is 18.4 Å². The predicted molar refractivity (Wildman–Crippen MR) is 103 cm³/mol. The van der Waals surface area contributed by atoms with Gasteiger partial charge in [-0.3, -0.25) is 19.2 Å². The minimum absolute atomic E-state index is 0.103. The van der Waals surface area contributed by atoms with Crippen molar-refractivity contribution in [2.75, 3.05) is 6.61 Å². The van der Waals surface area contributed by atoms with Crippen molar-refractivity contribution in [2.24, 2.45) is 5.73 Å². The highest BCUT2D eigenvalue weighted by atomic mass is 16.7. The Morgan fingerprint density at radius 2 is 1.63 bits per heavy atom. The van der Waals surface area contributed by atoms with Crippen LogP contribution in [0.4, 0.5) is 0 Å². The monoisotopic (exact) mass is 424 g/mol. The standard InChI is InChI=1S/C20H28N2O8/c1-4-14(23)27-11-13-17(29-15(24)5-2)18(30-16(25)6-3)20(28-13)22-9-7-8-12(10-22)19(21)26/h7,9-10,13,17-18,20H,4-6,8,11H2,1-3H3,(H2,21,26)/t13-,17-,18-,20-/m1/s1. The minimum Gasteiger partial charge on any atom is -0.463 e. The van der Waals surface area contributed by atoms with Crippen molar-refractivity contribution in [3.8, 4) is 0 Å². The molecule has 0 bridgehead atoms. The lowest BCUT2D eigenvalue weighted by atomic mass is 10.1. The zero-order chi connectivity index (χ0) is 22.3. The topological polar surface area (TPSA) is 134 Å². The Morgan fingerprint density at radius 3 is 2.20 bits per heavy atom. The number of esters is 3. The molecular weight excluding hydrogens is 396 g/mol. The summed E-state index contributed by atoms with van der Waals surface area (Å²) in [5, 5.41) is 0. The van der Waals surface area contributed by atoms with Gasteiger partial charge in [-0.1, -0.05) is 26.8 Å². The average Bonchev–Trinajstić information content (AvgIpc) is 3.08. The van der Waals surface area contributed by atoms with Crippen LogP contribution in [0, 0.1) is 0 Å². The highest BCUT2D eigenvalue weighted by Crippen LogP contribution is 2.32. The summed E-state index contributed by atoms with van der Waals surface area (Å²) in [6.07, 6.45) is 1.81. The molecule has 2 aliphatic heterocycles. The van der Waals surface area contributed by atoms with E-state index in [9.17, 15) is 19.2 Å². The number of nitrogens with zero attached hydrogens (tertiary/aromatic N) is 1.